The van der Waals surface area contributed by atoms with Crippen LogP contribution in [0.25, 0.3) is 10.9 Å². The van der Waals surface area contributed by atoms with E-state index in [-0.39, 0.29) is 5.91 Å². The number of unbranched alkanes of at least 4 members (excludes halogenated alkanes) is 2. The lowest BCUT2D eigenvalue weighted by Gasteiger charge is -2.00. The van der Waals surface area contributed by atoms with Crippen LogP contribution in [0.15, 0.2) is 41.6 Å². The molecule has 0 aliphatic heterocycles. The van der Waals surface area contributed by atoms with Gasteiger partial charge in [0.15, 0.2) is 0 Å². The SMILES string of the molecule is NCCCCCC(=O)NN=Cc1ccc2ncccc2c1. The zero-order valence-corrected chi connectivity index (χ0v) is 12.0. The first-order chi connectivity index (χ1) is 10.3. The molecule has 110 valence electrons. The van der Waals surface area contributed by atoms with Crippen molar-refractivity contribution in [3.8, 4) is 0 Å². The Morgan fingerprint density at radius 3 is 3.05 bits per heavy atom. The van der Waals surface area contributed by atoms with Gasteiger partial charge in [-0.25, -0.2) is 5.43 Å². The Morgan fingerprint density at radius 2 is 2.19 bits per heavy atom. The number of pyridine rings is 1. The zero-order valence-electron chi connectivity index (χ0n) is 12.0. The summed E-state index contributed by atoms with van der Waals surface area (Å²) in [6, 6.07) is 9.73. The molecule has 1 amide bonds. The predicted octanol–water partition coefficient (Wildman–Crippen LogP) is 2.20. The van der Waals surface area contributed by atoms with Crippen molar-refractivity contribution >= 4 is 23.0 Å². The summed E-state index contributed by atoms with van der Waals surface area (Å²) < 4.78 is 0. The minimum absolute atomic E-state index is 0.0641. The molecule has 3 N–H and O–H groups in total. The van der Waals surface area contributed by atoms with Crippen molar-refractivity contribution in [2.75, 3.05) is 6.54 Å². The van der Waals surface area contributed by atoms with Crippen LogP contribution in [0.2, 0.25) is 0 Å². The number of hydrazone groups is 1. The number of aromatic nitrogens is 1. The molecule has 0 unspecified atom stereocenters. The smallest absolute Gasteiger partial charge is 0.240 e. The number of nitrogens with two attached hydrogens (primary N) is 1. The van der Waals surface area contributed by atoms with E-state index in [0.717, 1.165) is 35.7 Å². The quantitative estimate of drug-likeness (QED) is 0.464. The van der Waals surface area contributed by atoms with Gasteiger partial charge in [0.2, 0.25) is 5.91 Å². The maximum Gasteiger partial charge on any atom is 0.240 e. The summed E-state index contributed by atoms with van der Waals surface area (Å²) in [6.07, 6.45) is 6.68. The van der Waals surface area contributed by atoms with Crippen LogP contribution in [-0.2, 0) is 4.79 Å². The summed E-state index contributed by atoms with van der Waals surface area (Å²) in [5.74, 6) is -0.0641. The fourth-order valence-electron chi connectivity index (χ4n) is 2.02. The summed E-state index contributed by atoms with van der Waals surface area (Å²) in [5, 5.41) is 5.03. The minimum atomic E-state index is -0.0641. The van der Waals surface area contributed by atoms with E-state index in [0.29, 0.717) is 13.0 Å². The highest BCUT2D eigenvalue weighted by molar-refractivity contribution is 5.89. The van der Waals surface area contributed by atoms with Gasteiger partial charge >= 0.3 is 0 Å². The molecular weight excluding hydrogens is 264 g/mol. The highest BCUT2D eigenvalue weighted by Crippen LogP contribution is 2.11. The molecule has 5 nitrogen and oxygen atoms in total. The molecule has 1 aromatic carbocycles. The Bertz CT molecular complexity index is 624. The average Bonchev–Trinajstić information content (AvgIpc) is 2.51. The molecule has 2 rings (SSSR count). The molecule has 0 radical (unpaired) electrons. The van der Waals surface area contributed by atoms with Gasteiger partial charge in [0, 0.05) is 18.0 Å². The lowest BCUT2D eigenvalue weighted by Crippen LogP contribution is -2.17. The van der Waals surface area contributed by atoms with Gasteiger partial charge in [-0.2, -0.15) is 5.10 Å². The van der Waals surface area contributed by atoms with E-state index in [9.17, 15) is 4.79 Å². The van der Waals surface area contributed by atoms with Crippen LogP contribution in [0.4, 0.5) is 0 Å². The summed E-state index contributed by atoms with van der Waals surface area (Å²) in [7, 11) is 0. The third kappa shape index (κ3) is 4.96. The van der Waals surface area contributed by atoms with Gasteiger partial charge in [-0.1, -0.05) is 18.6 Å². The number of amides is 1. The number of rotatable bonds is 7. The third-order valence-electron chi connectivity index (χ3n) is 3.14. The van der Waals surface area contributed by atoms with E-state index >= 15 is 0 Å². The van der Waals surface area contributed by atoms with Crippen molar-refractivity contribution in [1.82, 2.24) is 10.4 Å². The molecule has 0 aliphatic carbocycles. The highest BCUT2D eigenvalue weighted by Gasteiger charge is 1.99. The maximum absolute atomic E-state index is 11.5. The summed E-state index contributed by atoms with van der Waals surface area (Å²) >= 11 is 0. The predicted molar refractivity (Wildman–Crippen MR) is 85.0 cm³/mol. The molecule has 21 heavy (non-hydrogen) atoms. The average molecular weight is 284 g/mol. The van der Waals surface area contributed by atoms with Crippen LogP contribution >= 0.6 is 0 Å². The Kier molecular flexibility index (Phi) is 5.84. The molecular formula is C16H20N4O. The molecule has 1 heterocycles. The first kappa shape index (κ1) is 15.1. The number of carbonyl (C=O) groups excluding carboxylic acids is 1. The van der Waals surface area contributed by atoms with Crippen molar-refractivity contribution in [2.45, 2.75) is 25.7 Å². The largest absolute Gasteiger partial charge is 0.330 e. The van der Waals surface area contributed by atoms with E-state index in [4.69, 9.17) is 5.73 Å². The first-order valence-corrected chi connectivity index (χ1v) is 7.16. The lowest BCUT2D eigenvalue weighted by molar-refractivity contribution is -0.121. The molecule has 2 aromatic rings. The Balaban J connectivity index is 1.83. The monoisotopic (exact) mass is 284 g/mol. The van der Waals surface area contributed by atoms with E-state index in [1.807, 2.05) is 30.3 Å². The molecule has 0 saturated heterocycles. The highest BCUT2D eigenvalue weighted by atomic mass is 16.2. The second-order valence-corrected chi connectivity index (χ2v) is 4.85. The van der Waals surface area contributed by atoms with Gasteiger partial charge in [0.25, 0.3) is 0 Å². The third-order valence-corrected chi connectivity index (χ3v) is 3.14. The Hall–Kier alpha value is -2.27. The van der Waals surface area contributed by atoms with E-state index < -0.39 is 0 Å². The molecule has 0 saturated carbocycles. The second kappa shape index (κ2) is 8.11. The normalized spacial score (nSPS) is 11.1. The van der Waals surface area contributed by atoms with Crippen LogP contribution in [0.1, 0.15) is 31.2 Å². The van der Waals surface area contributed by atoms with Gasteiger partial charge in [0.1, 0.15) is 0 Å². The van der Waals surface area contributed by atoms with E-state index in [2.05, 4.69) is 15.5 Å². The van der Waals surface area contributed by atoms with Crippen LogP contribution in [0.5, 0.6) is 0 Å². The number of hydrogen-bond acceptors (Lipinski definition) is 4. The number of nitrogens with zero attached hydrogens (tertiary/aromatic N) is 2. The number of benzene rings is 1. The number of nitrogens with one attached hydrogen (secondary N) is 1. The molecule has 0 atom stereocenters. The number of fused-ring (bicyclic) bond motifs is 1. The fraction of sp³-hybridized carbons (Fsp3) is 0.312. The van der Waals surface area contributed by atoms with Crippen molar-refractivity contribution < 1.29 is 4.79 Å². The van der Waals surface area contributed by atoms with Gasteiger partial charge in [-0.3, -0.25) is 9.78 Å². The fourth-order valence-corrected chi connectivity index (χ4v) is 2.02. The van der Waals surface area contributed by atoms with E-state index in [1.54, 1.807) is 12.4 Å². The van der Waals surface area contributed by atoms with Gasteiger partial charge in [0.05, 0.1) is 11.7 Å². The Labute approximate surface area is 124 Å². The zero-order chi connectivity index (χ0) is 14.9. The maximum atomic E-state index is 11.5. The summed E-state index contributed by atoms with van der Waals surface area (Å²) in [6.45, 7) is 0.677. The van der Waals surface area contributed by atoms with E-state index in [1.165, 1.54) is 0 Å². The molecule has 0 aliphatic rings. The van der Waals surface area contributed by atoms with Crippen molar-refractivity contribution in [3.63, 3.8) is 0 Å². The summed E-state index contributed by atoms with van der Waals surface area (Å²) in [4.78, 5) is 15.8. The van der Waals surface area contributed by atoms with Crippen molar-refractivity contribution in [1.29, 1.82) is 0 Å². The minimum Gasteiger partial charge on any atom is -0.330 e. The van der Waals surface area contributed by atoms with Gasteiger partial charge in [-0.15, -0.1) is 0 Å². The topological polar surface area (TPSA) is 80.4 Å². The number of carbonyl (C=O) groups is 1. The molecule has 1 aromatic heterocycles. The summed E-state index contributed by atoms with van der Waals surface area (Å²) in [5.41, 5.74) is 9.81. The standard InChI is InChI=1S/C16H20N4O/c17-9-3-1-2-6-16(21)20-19-12-13-7-8-15-14(11-13)5-4-10-18-15/h4-5,7-8,10-12H,1-3,6,9,17H2,(H,20,21). The lowest BCUT2D eigenvalue weighted by atomic mass is 10.1. The molecule has 0 fully saturated rings. The first-order valence-electron chi connectivity index (χ1n) is 7.16. The van der Waals surface area contributed by atoms with Crippen LogP contribution < -0.4 is 11.2 Å². The molecule has 0 bridgehead atoms. The van der Waals surface area contributed by atoms with Gasteiger partial charge in [-0.05, 0) is 43.1 Å². The van der Waals surface area contributed by atoms with Crippen molar-refractivity contribution in [3.05, 3.63) is 42.1 Å². The second-order valence-electron chi connectivity index (χ2n) is 4.85. The Morgan fingerprint density at radius 1 is 1.29 bits per heavy atom. The molecule has 5 heteroatoms. The number of hydrogen-bond donors (Lipinski definition) is 2. The van der Waals surface area contributed by atoms with Crippen molar-refractivity contribution in [2.24, 2.45) is 10.8 Å². The van der Waals surface area contributed by atoms with Crippen LogP contribution in [0, 0.1) is 0 Å². The van der Waals surface area contributed by atoms with Crippen LogP contribution in [0.3, 0.4) is 0 Å². The van der Waals surface area contributed by atoms with Gasteiger partial charge < -0.3 is 5.73 Å². The van der Waals surface area contributed by atoms with Crippen LogP contribution in [-0.4, -0.2) is 23.7 Å². The molecule has 0 spiro atoms.